The molecule has 3 rings (SSSR count). The van der Waals surface area contributed by atoms with E-state index in [9.17, 15) is 9.18 Å². The number of para-hydroxylation sites is 1. The summed E-state index contributed by atoms with van der Waals surface area (Å²) in [4.78, 5) is 17.2. The van der Waals surface area contributed by atoms with Crippen LogP contribution >= 0.6 is 0 Å². The Hall–Kier alpha value is -2.40. The second-order valence-electron chi connectivity index (χ2n) is 7.38. The molecule has 1 aliphatic rings. The van der Waals surface area contributed by atoms with Gasteiger partial charge in [0.05, 0.1) is 13.7 Å². The van der Waals surface area contributed by atoms with Crippen LogP contribution in [0.3, 0.4) is 0 Å². The maximum atomic E-state index is 13.7. The van der Waals surface area contributed by atoms with Gasteiger partial charge >= 0.3 is 0 Å². The van der Waals surface area contributed by atoms with Gasteiger partial charge in [-0.1, -0.05) is 43.2 Å². The van der Waals surface area contributed by atoms with Crippen LogP contribution in [0.4, 0.5) is 4.39 Å². The van der Waals surface area contributed by atoms with Crippen molar-refractivity contribution in [3.05, 3.63) is 65.5 Å². The van der Waals surface area contributed by atoms with Gasteiger partial charge in [-0.05, 0) is 49.7 Å². The number of carbonyl (C=O) groups is 1. The van der Waals surface area contributed by atoms with Crippen LogP contribution in [0.5, 0.6) is 5.75 Å². The number of likely N-dealkylation sites (tertiary alicyclic amines) is 1. The summed E-state index contributed by atoms with van der Waals surface area (Å²) in [6.07, 6.45) is 4.76. The van der Waals surface area contributed by atoms with Crippen LogP contribution in [0, 0.1) is 5.82 Å². The monoisotopic (exact) mass is 384 g/mol. The van der Waals surface area contributed by atoms with E-state index in [0.717, 1.165) is 42.8 Å². The molecule has 2 aromatic rings. The summed E-state index contributed by atoms with van der Waals surface area (Å²) in [7, 11) is 1.63. The summed E-state index contributed by atoms with van der Waals surface area (Å²) in [5.41, 5.74) is 1.74. The highest BCUT2D eigenvalue weighted by atomic mass is 19.1. The van der Waals surface area contributed by atoms with Crippen molar-refractivity contribution in [3.63, 3.8) is 0 Å². The molecule has 5 heteroatoms. The third-order valence-corrected chi connectivity index (χ3v) is 5.23. The topological polar surface area (TPSA) is 32.8 Å². The Bertz CT molecular complexity index is 773. The molecule has 150 valence electrons. The summed E-state index contributed by atoms with van der Waals surface area (Å²) in [5, 5.41) is 0. The van der Waals surface area contributed by atoms with Crippen molar-refractivity contribution in [2.45, 2.75) is 38.8 Å². The molecule has 0 spiro atoms. The molecule has 1 aliphatic heterocycles. The lowest BCUT2D eigenvalue weighted by Gasteiger charge is -2.27. The number of halogens is 1. The standard InChI is InChI=1S/C23H29FN2O2/c1-28-22-12-5-4-10-20(22)17-26(16-19-9-8-11-21(24)15-19)23(27)18-25-13-6-2-3-7-14-25/h4-5,8-12,15H,2-3,6-7,13-14,16-18H2,1H3. The minimum absolute atomic E-state index is 0.0667. The molecule has 0 unspecified atom stereocenters. The van der Waals surface area contributed by atoms with E-state index in [1.807, 2.05) is 30.3 Å². The number of hydrogen-bond donors (Lipinski definition) is 0. The van der Waals surface area contributed by atoms with Gasteiger partial charge in [-0.2, -0.15) is 0 Å². The lowest BCUT2D eigenvalue weighted by molar-refractivity contribution is -0.133. The predicted octanol–water partition coefficient (Wildman–Crippen LogP) is 4.24. The SMILES string of the molecule is COc1ccccc1CN(Cc1cccc(F)c1)C(=O)CN1CCCCCC1. The molecule has 0 saturated carbocycles. The first-order valence-electron chi connectivity index (χ1n) is 10.0. The third kappa shape index (κ3) is 5.80. The highest BCUT2D eigenvalue weighted by molar-refractivity contribution is 5.78. The number of methoxy groups -OCH3 is 1. The van der Waals surface area contributed by atoms with Gasteiger partial charge in [0.15, 0.2) is 0 Å². The fourth-order valence-electron chi connectivity index (χ4n) is 3.71. The average Bonchev–Trinajstić information content (AvgIpc) is 2.96. The first-order chi connectivity index (χ1) is 13.7. The van der Waals surface area contributed by atoms with Crippen LogP contribution in [0.2, 0.25) is 0 Å². The second-order valence-corrected chi connectivity index (χ2v) is 7.38. The molecule has 1 fully saturated rings. The van der Waals surface area contributed by atoms with E-state index in [4.69, 9.17) is 4.74 Å². The summed E-state index contributed by atoms with van der Waals surface area (Å²) in [6.45, 7) is 3.16. The number of benzene rings is 2. The largest absolute Gasteiger partial charge is 0.496 e. The molecule has 4 nitrogen and oxygen atoms in total. The Labute approximate surface area is 166 Å². The average molecular weight is 384 g/mol. The van der Waals surface area contributed by atoms with Crippen LogP contribution < -0.4 is 4.74 Å². The van der Waals surface area contributed by atoms with Crippen molar-refractivity contribution in [1.29, 1.82) is 0 Å². The Morgan fingerprint density at radius 3 is 2.50 bits per heavy atom. The molecular weight excluding hydrogens is 355 g/mol. The molecule has 1 saturated heterocycles. The van der Waals surface area contributed by atoms with Gasteiger partial charge in [-0.15, -0.1) is 0 Å². The van der Waals surface area contributed by atoms with E-state index in [1.54, 1.807) is 18.1 Å². The fourth-order valence-corrected chi connectivity index (χ4v) is 3.71. The van der Waals surface area contributed by atoms with Crippen molar-refractivity contribution in [2.75, 3.05) is 26.7 Å². The predicted molar refractivity (Wildman–Crippen MR) is 109 cm³/mol. The number of amides is 1. The lowest BCUT2D eigenvalue weighted by atomic mass is 10.1. The van der Waals surface area contributed by atoms with Crippen molar-refractivity contribution < 1.29 is 13.9 Å². The van der Waals surface area contributed by atoms with Gasteiger partial charge in [0, 0.05) is 18.7 Å². The van der Waals surface area contributed by atoms with E-state index < -0.39 is 0 Å². The van der Waals surface area contributed by atoms with Crippen LogP contribution in [-0.4, -0.2) is 42.5 Å². The Morgan fingerprint density at radius 1 is 1.04 bits per heavy atom. The molecule has 1 amide bonds. The summed E-state index contributed by atoms with van der Waals surface area (Å²) in [5.74, 6) is 0.543. The zero-order valence-corrected chi connectivity index (χ0v) is 16.6. The van der Waals surface area contributed by atoms with Gasteiger partial charge in [0.1, 0.15) is 11.6 Å². The number of ether oxygens (including phenoxy) is 1. The zero-order valence-electron chi connectivity index (χ0n) is 16.6. The summed E-state index contributed by atoms with van der Waals surface area (Å²) < 4.78 is 19.1. The van der Waals surface area contributed by atoms with Crippen molar-refractivity contribution >= 4 is 5.91 Å². The van der Waals surface area contributed by atoms with Crippen LogP contribution in [0.15, 0.2) is 48.5 Å². The molecule has 28 heavy (non-hydrogen) atoms. The molecule has 0 N–H and O–H groups in total. The highest BCUT2D eigenvalue weighted by Gasteiger charge is 2.20. The van der Waals surface area contributed by atoms with Gasteiger partial charge < -0.3 is 9.64 Å². The molecule has 0 aliphatic carbocycles. The van der Waals surface area contributed by atoms with E-state index in [-0.39, 0.29) is 11.7 Å². The quantitative estimate of drug-likeness (QED) is 0.716. The Kier molecular flexibility index (Phi) is 7.43. The fraction of sp³-hybridized carbons (Fsp3) is 0.435. The molecule has 0 atom stereocenters. The molecular formula is C23H29FN2O2. The van der Waals surface area contributed by atoms with Crippen LogP contribution in [0.25, 0.3) is 0 Å². The Balaban J connectivity index is 1.77. The minimum atomic E-state index is -0.283. The summed E-state index contributed by atoms with van der Waals surface area (Å²) in [6, 6.07) is 14.2. The smallest absolute Gasteiger partial charge is 0.237 e. The van der Waals surface area contributed by atoms with Gasteiger partial charge in [0.2, 0.25) is 5.91 Å². The van der Waals surface area contributed by atoms with Crippen molar-refractivity contribution in [1.82, 2.24) is 9.80 Å². The van der Waals surface area contributed by atoms with Crippen molar-refractivity contribution in [2.24, 2.45) is 0 Å². The Morgan fingerprint density at radius 2 is 1.79 bits per heavy atom. The second kappa shape index (κ2) is 10.2. The van der Waals surface area contributed by atoms with E-state index in [1.165, 1.54) is 25.0 Å². The minimum Gasteiger partial charge on any atom is -0.496 e. The van der Waals surface area contributed by atoms with Gasteiger partial charge in [0.25, 0.3) is 0 Å². The number of nitrogens with zero attached hydrogens (tertiary/aromatic N) is 2. The first-order valence-corrected chi connectivity index (χ1v) is 10.0. The van der Waals surface area contributed by atoms with E-state index in [0.29, 0.717) is 19.6 Å². The van der Waals surface area contributed by atoms with E-state index >= 15 is 0 Å². The zero-order chi connectivity index (χ0) is 19.8. The molecule has 0 aromatic heterocycles. The highest BCUT2D eigenvalue weighted by Crippen LogP contribution is 2.21. The lowest BCUT2D eigenvalue weighted by Crippen LogP contribution is -2.40. The number of hydrogen-bond acceptors (Lipinski definition) is 3. The van der Waals surface area contributed by atoms with Crippen LogP contribution in [0.1, 0.15) is 36.8 Å². The van der Waals surface area contributed by atoms with Gasteiger partial charge in [-0.3, -0.25) is 9.69 Å². The van der Waals surface area contributed by atoms with E-state index in [2.05, 4.69) is 4.90 Å². The maximum absolute atomic E-state index is 13.7. The van der Waals surface area contributed by atoms with Gasteiger partial charge in [-0.25, -0.2) is 4.39 Å². The molecule has 2 aromatic carbocycles. The molecule has 0 radical (unpaired) electrons. The normalized spacial score (nSPS) is 15.1. The number of rotatable bonds is 7. The first kappa shape index (κ1) is 20.3. The molecule has 1 heterocycles. The van der Waals surface area contributed by atoms with Crippen LogP contribution in [-0.2, 0) is 17.9 Å². The third-order valence-electron chi connectivity index (χ3n) is 5.23. The maximum Gasteiger partial charge on any atom is 0.237 e. The number of carbonyl (C=O) groups excluding carboxylic acids is 1. The molecule has 0 bridgehead atoms. The summed E-state index contributed by atoms with van der Waals surface area (Å²) >= 11 is 0. The van der Waals surface area contributed by atoms with Crippen molar-refractivity contribution in [3.8, 4) is 5.75 Å².